The Hall–Kier alpha value is -2.49. The van der Waals surface area contributed by atoms with E-state index in [1.165, 1.54) is 24.3 Å². The molecule has 3 rings (SSSR count). The van der Waals surface area contributed by atoms with E-state index in [1.54, 1.807) is 12.3 Å². The predicted octanol–water partition coefficient (Wildman–Crippen LogP) is 1.26. The van der Waals surface area contributed by atoms with E-state index in [0.29, 0.717) is 5.75 Å². The molecule has 1 aliphatic heterocycles. The van der Waals surface area contributed by atoms with Crippen molar-refractivity contribution in [3.63, 3.8) is 0 Å². The Morgan fingerprint density at radius 2 is 1.93 bits per heavy atom. The maximum Gasteiger partial charge on any atom is 0.322 e. The van der Waals surface area contributed by atoms with Crippen molar-refractivity contribution in [1.29, 1.82) is 0 Å². The van der Waals surface area contributed by atoms with E-state index in [4.69, 9.17) is 4.74 Å². The first-order valence-electron chi connectivity index (χ1n) is 8.43. The Labute approximate surface area is 157 Å². The minimum Gasteiger partial charge on any atom is -0.487 e. The number of hydrogen-bond acceptors (Lipinski definition) is 6. The molecule has 0 saturated carbocycles. The van der Waals surface area contributed by atoms with Gasteiger partial charge in [-0.05, 0) is 49.2 Å². The summed E-state index contributed by atoms with van der Waals surface area (Å²) in [5, 5.41) is 19.1. The van der Waals surface area contributed by atoms with Crippen LogP contribution < -0.4 is 4.74 Å². The number of benzene rings is 1. The molecule has 2 atom stereocenters. The van der Waals surface area contributed by atoms with Crippen LogP contribution in [-0.4, -0.2) is 52.6 Å². The standard InChI is InChI=1S/C18H20N2O6S/c21-14-4-9-17(18(22)23)20(11-14)27(24,25)16-7-5-15(6-8-16)26-12-13-3-1-2-10-19-13/h1-3,5-8,10,14,17,21H,4,9,11-12H2,(H,22,23). The van der Waals surface area contributed by atoms with E-state index in [2.05, 4.69) is 4.98 Å². The van der Waals surface area contributed by atoms with Gasteiger partial charge in [0.25, 0.3) is 0 Å². The Kier molecular flexibility index (Phi) is 5.73. The molecule has 0 amide bonds. The summed E-state index contributed by atoms with van der Waals surface area (Å²) in [5.41, 5.74) is 0.737. The average molecular weight is 392 g/mol. The number of sulfonamides is 1. The molecule has 0 radical (unpaired) electrons. The quantitative estimate of drug-likeness (QED) is 0.760. The number of hydrogen-bond donors (Lipinski definition) is 2. The first kappa shape index (κ1) is 19.3. The second kappa shape index (κ2) is 8.03. The third-order valence-corrected chi connectivity index (χ3v) is 6.23. The highest BCUT2D eigenvalue weighted by Crippen LogP contribution is 2.27. The highest BCUT2D eigenvalue weighted by Gasteiger charge is 2.40. The highest BCUT2D eigenvalue weighted by atomic mass is 32.2. The van der Waals surface area contributed by atoms with E-state index in [-0.39, 0.29) is 30.9 Å². The smallest absolute Gasteiger partial charge is 0.322 e. The number of aromatic nitrogens is 1. The van der Waals surface area contributed by atoms with Gasteiger partial charge in [-0.15, -0.1) is 0 Å². The van der Waals surface area contributed by atoms with E-state index in [0.717, 1.165) is 10.00 Å². The van der Waals surface area contributed by atoms with Crippen LogP contribution in [0.25, 0.3) is 0 Å². The van der Waals surface area contributed by atoms with Crippen molar-refractivity contribution in [2.75, 3.05) is 6.54 Å². The normalized spacial score (nSPS) is 20.9. The zero-order valence-corrected chi connectivity index (χ0v) is 15.2. The number of carboxylic acid groups (broad SMARTS) is 1. The summed E-state index contributed by atoms with van der Waals surface area (Å²) >= 11 is 0. The number of aliphatic hydroxyl groups excluding tert-OH is 1. The second-order valence-electron chi connectivity index (χ2n) is 6.24. The zero-order chi connectivity index (χ0) is 19.4. The van der Waals surface area contributed by atoms with Gasteiger partial charge in [-0.2, -0.15) is 4.31 Å². The van der Waals surface area contributed by atoms with Gasteiger partial charge in [0.05, 0.1) is 16.7 Å². The SMILES string of the molecule is O=C(O)C1CCC(O)CN1S(=O)(=O)c1ccc(OCc2ccccn2)cc1. The Bertz CT molecular complexity index is 886. The fourth-order valence-corrected chi connectivity index (χ4v) is 4.57. The van der Waals surface area contributed by atoms with Crippen molar-refractivity contribution >= 4 is 16.0 Å². The summed E-state index contributed by atoms with van der Waals surface area (Å²) in [6.07, 6.45) is 1.10. The van der Waals surface area contributed by atoms with Crippen LogP contribution in [0.5, 0.6) is 5.75 Å². The average Bonchev–Trinajstić information content (AvgIpc) is 2.67. The van der Waals surface area contributed by atoms with Crippen LogP contribution in [0, 0.1) is 0 Å². The maximum absolute atomic E-state index is 12.8. The van der Waals surface area contributed by atoms with Crippen molar-refractivity contribution in [2.24, 2.45) is 0 Å². The van der Waals surface area contributed by atoms with Crippen LogP contribution in [0.2, 0.25) is 0 Å². The van der Waals surface area contributed by atoms with Crippen molar-refractivity contribution < 1.29 is 28.2 Å². The molecule has 0 spiro atoms. The second-order valence-corrected chi connectivity index (χ2v) is 8.13. The third kappa shape index (κ3) is 4.44. The van der Waals surface area contributed by atoms with Crippen LogP contribution in [-0.2, 0) is 21.4 Å². The summed E-state index contributed by atoms with van der Waals surface area (Å²) < 4.78 is 32.1. The molecule has 9 heteroatoms. The number of pyridine rings is 1. The van der Waals surface area contributed by atoms with E-state index in [1.807, 2.05) is 12.1 Å². The molecule has 1 aliphatic rings. The van der Waals surface area contributed by atoms with Crippen LogP contribution in [0.1, 0.15) is 18.5 Å². The third-order valence-electron chi connectivity index (χ3n) is 4.34. The van der Waals surface area contributed by atoms with Gasteiger partial charge in [-0.1, -0.05) is 6.07 Å². The number of piperidine rings is 1. The number of aliphatic hydroxyl groups is 1. The van der Waals surface area contributed by atoms with Crippen LogP contribution >= 0.6 is 0 Å². The number of aliphatic carboxylic acids is 1. The maximum atomic E-state index is 12.8. The van der Waals surface area contributed by atoms with Gasteiger partial charge in [0.15, 0.2) is 0 Å². The van der Waals surface area contributed by atoms with Gasteiger partial charge in [0, 0.05) is 12.7 Å². The van der Waals surface area contributed by atoms with Crippen molar-refractivity contribution in [3.05, 3.63) is 54.4 Å². The molecule has 144 valence electrons. The summed E-state index contributed by atoms with van der Waals surface area (Å²) in [6.45, 7) is 0.00354. The van der Waals surface area contributed by atoms with Crippen LogP contribution in [0.15, 0.2) is 53.6 Å². The van der Waals surface area contributed by atoms with Crippen LogP contribution in [0.3, 0.4) is 0 Å². The van der Waals surface area contributed by atoms with Gasteiger partial charge in [-0.3, -0.25) is 9.78 Å². The number of ether oxygens (including phenoxy) is 1. The minimum atomic E-state index is -4.05. The summed E-state index contributed by atoms with van der Waals surface area (Å²) in [7, 11) is -4.05. The Morgan fingerprint density at radius 1 is 1.19 bits per heavy atom. The molecule has 0 bridgehead atoms. The molecule has 0 aliphatic carbocycles. The van der Waals surface area contributed by atoms with E-state index in [9.17, 15) is 23.4 Å². The molecule has 2 heterocycles. The molecule has 1 fully saturated rings. The molecular weight excluding hydrogens is 372 g/mol. The van der Waals surface area contributed by atoms with Crippen molar-refractivity contribution in [3.8, 4) is 5.75 Å². The number of carboxylic acids is 1. The lowest BCUT2D eigenvalue weighted by molar-refractivity contribution is -0.143. The fraction of sp³-hybridized carbons (Fsp3) is 0.333. The Morgan fingerprint density at radius 3 is 2.56 bits per heavy atom. The predicted molar refractivity (Wildman–Crippen MR) is 95.6 cm³/mol. The monoisotopic (exact) mass is 392 g/mol. The lowest BCUT2D eigenvalue weighted by Crippen LogP contribution is -2.51. The molecule has 8 nitrogen and oxygen atoms in total. The summed E-state index contributed by atoms with van der Waals surface area (Å²) in [6, 6.07) is 10.0. The number of nitrogens with zero attached hydrogens (tertiary/aromatic N) is 2. The molecule has 1 aromatic carbocycles. The van der Waals surface area contributed by atoms with Crippen molar-refractivity contribution in [1.82, 2.24) is 9.29 Å². The van der Waals surface area contributed by atoms with Gasteiger partial charge in [-0.25, -0.2) is 8.42 Å². The minimum absolute atomic E-state index is 0.0481. The van der Waals surface area contributed by atoms with E-state index >= 15 is 0 Å². The zero-order valence-electron chi connectivity index (χ0n) is 14.4. The molecule has 2 aromatic rings. The number of rotatable bonds is 6. The van der Waals surface area contributed by atoms with Gasteiger partial charge < -0.3 is 14.9 Å². The largest absolute Gasteiger partial charge is 0.487 e. The molecule has 2 unspecified atom stereocenters. The first-order valence-corrected chi connectivity index (χ1v) is 9.87. The summed E-state index contributed by atoms with van der Waals surface area (Å²) in [5.74, 6) is -0.756. The molecular formula is C18H20N2O6S. The lowest BCUT2D eigenvalue weighted by atomic mass is 10.0. The summed E-state index contributed by atoms with van der Waals surface area (Å²) in [4.78, 5) is 15.5. The molecule has 2 N–H and O–H groups in total. The van der Waals surface area contributed by atoms with E-state index < -0.39 is 28.1 Å². The molecule has 1 aromatic heterocycles. The topological polar surface area (TPSA) is 117 Å². The Balaban J connectivity index is 1.75. The lowest BCUT2D eigenvalue weighted by Gasteiger charge is -2.34. The number of carbonyl (C=O) groups is 1. The van der Waals surface area contributed by atoms with Gasteiger partial charge in [0.1, 0.15) is 18.4 Å². The molecule has 27 heavy (non-hydrogen) atoms. The highest BCUT2D eigenvalue weighted by molar-refractivity contribution is 7.89. The molecule has 1 saturated heterocycles. The van der Waals surface area contributed by atoms with Gasteiger partial charge >= 0.3 is 5.97 Å². The van der Waals surface area contributed by atoms with Gasteiger partial charge in [0.2, 0.25) is 10.0 Å². The van der Waals surface area contributed by atoms with Crippen molar-refractivity contribution in [2.45, 2.75) is 36.5 Å². The van der Waals surface area contributed by atoms with Crippen LogP contribution in [0.4, 0.5) is 0 Å². The fourth-order valence-electron chi connectivity index (χ4n) is 2.92. The number of β-amino-alcohol motifs (C(OH)–C–C–N with tert-alkyl or cyclic N) is 1. The first-order chi connectivity index (χ1) is 12.9.